The molecular formula is C15H25BrN2S. The van der Waals surface area contributed by atoms with Crippen LogP contribution in [0.3, 0.4) is 0 Å². The summed E-state index contributed by atoms with van der Waals surface area (Å²) in [5, 5.41) is 0. The third kappa shape index (κ3) is 4.78. The van der Waals surface area contributed by atoms with Crippen LogP contribution in [0, 0.1) is 6.92 Å². The van der Waals surface area contributed by atoms with Gasteiger partial charge in [-0.15, -0.1) is 0 Å². The van der Waals surface area contributed by atoms with Crippen LogP contribution in [0.4, 0.5) is 0 Å². The van der Waals surface area contributed by atoms with Crippen molar-refractivity contribution in [1.82, 2.24) is 4.90 Å². The van der Waals surface area contributed by atoms with E-state index in [1.54, 1.807) is 0 Å². The number of thioether (sulfide) groups is 1. The summed E-state index contributed by atoms with van der Waals surface area (Å²) < 4.78 is 1.16. The van der Waals surface area contributed by atoms with Gasteiger partial charge < -0.3 is 5.73 Å². The largest absolute Gasteiger partial charge is 0.329 e. The maximum absolute atomic E-state index is 6.00. The Morgan fingerprint density at radius 1 is 1.42 bits per heavy atom. The van der Waals surface area contributed by atoms with Crippen molar-refractivity contribution in [1.29, 1.82) is 0 Å². The zero-order chi connectivity index (χ0) is 14.4. The molecule has 108 valence electrons. The zero-order valence-electron chi connectivity index (χ0n) is 12.3. The summed E-state index contributed by atoms with van der Waals surface area (Å²) in [6.07, 6.45) is 3.36. The van der Waals surface area contributed by atoms with Crippen LogP contribution in [-0.2, 0) is 0 Å². The third-order valence-electron chi connectivity index (χ3n) is 3.72. The van der Waals surface area contributed by atoms with Crippen LogP contribution in [-0.4, -0.2) is 36.5 Å². The quantitative estimate of drug-likeness (QED) is 0.814. The molecule has 2 N–H and O–H groups in total. The number of benzene rings is 1. The smallest absolute Gasteiger partial charge is 0.0470 e. The Morgan fingerprint density at radius 3 is 2.63 bits per heavy atom. The molecule has 0 aliphatic heterocycles. The maximum Gasteiger partial charge on any atom is 0.0470 e. The highest BCUT2D eigenvalue weighted by atomic mass is 79.9. The van der Waals surface area contributed by atoms with Crippen LogP contribution >= 0.6 is 27.7 Å². The first-order valence-corrected chi connectivity index (χ1v) is 8.87. The van der Waals surface area contributed by atoms with Crippen molar-refractivity contribution in [3.63, 3.8) is 0 Å². The molecule has 0 radical (unpaired) electrons. The van der Waals surface area contributed by atoms with Gasteiger partial charge in [-0.1, -0.05) is 28.1 Å². The fraction of sp³-hybridized carbons (Fsp3) is 0.600. The van der Waals surface area contributed by atoms with E-state index in [-0.39, 0.29) is 0 Å². The van der Waals surface area contributed by atoms with E-state index in [0.717, 1.165) is 4.47 Å². The molecule has 0 aliphatic carbocycles. The summed E-state index contributed by atoms with van der Waals surface area (Å²) in [7, 11) is 2.18. The van der Waals surface area contributed by atoms with Crippen molar-refractivity contribution in [2.45, 2.75) is 32.4 Å². The molecule has 0 heterocycles. The number of nitrogens with two attached hydrogens (primary N) is 1. The van der Waals surface area contributed by atoms with Gasteiger partial charge in [-0.25, -0.2) is 0 Å². The fourth-order valence-corrected chi connectivity index (χ4v) is 3.04. The van der Waals surface area contributed by atoms with E-state index >= 15 is 0 Å². The molecule has 0 aromatic heterocycles. The normalized spacial score (nSPS) is 14.7. The zero-order valence-corrected chi connectivity index (χ0v) is 14.7. The van der Waals surface area contributed by atoms with Gasteiger partial charge in [0.05, 0.1) is 0 Å². The minimum absolute atomic E-state index is 0.295. The Bertz CT molecular complexity index is 398. The van der Waals surface area contributed by atoms with E-state index in [2.05, 4.69) is 66.2 Å². The summed E-state index contributed by atoms with van der Waals surface area (Å²) in [6.45, 7) is 5.06. The minimum Gasteiger partial charge on any atom is -0.329 e. The molecule has 2 nitrogen and oxygen atoms in total. The molecule has 1 aromatic rings. The number of halogens is 1. The first-order chi connectivity index (χ1) is 9.01. The topological polar surface area (TPSA) is 29.3 Å². The van der Waals surface area contributed by atoms with E-state index in [9.17, 15) is 0 Å². The van der Waals surface area contributed by atoms with E-state index < -0.39 is 0 Å². The van der Waals surface area contributed by atoms with Gasteiger partial charge in [-0.2, -0.15) is 11.8 Å². The van der Waals surface area contributed by atoms with Gasteiger partial charge >= 0.3 is 0 Å². The maximum atomic E-state index is 6.00. The first-order valence-electron chi connectivity index (χ1n) is 6.68. The van der Waals surface area contributed by atoms with Gasteiger partial charge in [-0.05, 0) is 56.5 Å². The number of likely N-dealkylation sites (N-methyl/N-ethyl adjacent to an activating group) is 1. The standard InChI is InChI=1S/C15H25BrN2S/c1-11-9-13(5-6-14(11)16)15(10-17)18(3)12(2)7-8-19-4/h5-6,9,12,15H,7-8,10,17H2,1-4H3. The summed E-state index contributed by atoms with van der Waals surface area (Å²) in [5.41, 5.74) is 8.57. The number of rotatable bonds is 7. The lowest BCUT2D eigenvalue weighted by Crippen LogP contribution is -2.37. The van der Waals surface area contributed by atoms with Crippen LogP contribution in [0.25, 0.3) is 0 Å². The van der Waals surface area contributed by atoms with Crippen molar-refractivity contribution in [3.8, 4) is 0 Å². The first kappa shape index (κ1) is 17.0. The molecule has 0 bridgehead atoms. The van der Waals surface area contributed by atoms with Crippen molar-refractivity contribution in [2.24, 2.45) is 5.73 Å². The molecule has 2 atom stereocenters. The average Bonchev–Trinajstić information content (AvgIpc) is 2.40. The molecule has 1 aromatic carbocycles. The van der Waals surface area contributed by atoms with Crippen LogP contribution in [0.1, 0.15) is 30.5 Å². The van der Waals surface area contributed by atoms with E-state index in [0.29, 0.717) is 18.6 Å². The fourth-order valence-electron chi connectivity index (χ4n) is 2.21. The van der Waals surface area contributed by atoms with Crippen molar-refractivity contribution < 1.29 is 0 Å². The lowest BCUT2D eigenvalue weighted by molar-refractivity contribution is 0.185. The number of hydrogen-bond donors (Lipinski definition) is 1. The van der Waals surface area contributed by atoms with E-state index in [1.807, 2.05) is 11.8 Å². The second kappa shape index (κ2) is 8.30. The van der Waals surface area contributed by atoms with Crippen molar-refractivity contribution in [2.75, 3.05) is 25.6 Å². The van der Waals surface area contributed by atoms with Crippen molar-refractivity contribution >= 4 is 27.7 Å². The highest BCUT2D eigenvalue weighted by molar-refractivity contribution is 9.10. The Labute approximate surface area is 130 Å². The molecular weight excluding hydrogens is 320 g/mol. The molecule has 0 amide bonds. The molecule has 4 heteroatoms. The average molecular weight is 345 g/mol. The highest BCUT2D eigenvalue weighted by Gasteiger charge is 2.20. The SMILES string of the molecule is CSCCC(C)N(C)C(CN)c1ccc(Br)c(C)c1. The molecule has 2 unspecified atom stereocenters. The van der Waals surface area contributed by atoms with Gasteiger partial charge in [0.1, 0.15) is 0 Å². The lowest BCUT2D eigenvalue weighted by Gasteiger charge is -2.33. The van der Waals surface area contributed by atoms with E-state index in [1.165, 1.54) is 23.3 Å². The van der Waals surface area contributed by atoms with Gasteiger partial charge in [0.2, 0.25) is 0 Å². The van der Waals surface area contributed by atoms with Gasteiger partial charge in [0.25, 0.3) is 0 Å². The van der Waals surface area contributed by atoms with Crippen LogP contribution < -0.4 is 5.73 Å². The predicted molar refractivity (Wildman–Crippen MR) is 90.9 cm³/mol. The van der Waals surface area contributed by atoms with Crippen LogP contribution in [0.2, 0.25) is 0 Å². The third-order valence-corrected chi connectivity index (χ3v) is 5.25. The second-order valence-electron chi connectivity index (χ2n) is 5.06. The molecule has 0 spiro atoms. The molecule has 1 rings (SSSR count). The monoisotopic (exact) mass is 344 g/mol. The number of nitrogens with zero attached hydrogens (tertiary/aromatic N) is 1. The van der Waals surface area contributed by atoms with Crippen molar-refractivity contribution in [3.05, 3.63) is 33.8 Å². The molecule has 19 heavy (non-hydrogen) atoms. The molecule has 0 saturated heterocycles. The number of hydrogen-bond acceptors (Lipinski definition) is 3. The van der Waals surface area contributed by atoms with Crippen LogP contribution in [0.15, 0.2) is 22.7 Å². The Hall–Kier alpha value is -0.0300. The summed E-state index contributed by atoms with van der Waals surface area (Å²) in [4.78, 5) is 2.40. The number of aryl methyl sites for hydroxylation is 1. The minimum atomic E-state index is 0.295. The van der Waals surface area contributed by atoms with Gasteiger partial charge in [-0.3, -0.25) is 4.90 Å². The summed E-state index contributed by atoms with van der Waals surface area (Å²) in [6, 6.07) is 7.37. The molecule has 0 saturated carbocycles. The predicted octanol–water partition coefficient (Wildman–Crippen LogP) is 3.83. The Balaban J connectivity index is 2.83. The molecule has 0 fully saturated rings. The van der Waals surface area contributed by atoms with E-state index in [4.69, 9.17) is 5.73 Å². The van der Waals surface area contributed by atoms with Gasteiger partial charge in [0, 0.05) is 23.1 Å². The highest BCUT2D eigenvalue weighted by Crippen LogP contribution is 2.26. The lowest BCUT2D eigenvalue weighted by atomic mass is 10.0. The Kier molecular flexibility index (Phi) is 7.44. The Morgan fingerprint density at radius 2 is 2.11 bits per heavy atom. The summed E-state index contributed by atoms with van der Waals surface area (Å²) in [5.74, 6) is 1.20. The molecule has 0 aliphatic rings. The second-order valence-corrected chi connectivity index (χ2v) is 6.90. The van der Waals surface area contributed by atoms with Crippen LogP contribution in [0.5, 0.6) is 0 Å². The van der Waals surface area contributed by atoms with Gasteiger partial charge in [0.15, 0.2) is 0 Å². The summed E-state index contributed by atoms with van der Waals surface area (Å²) >= 11 is 5.46.